The number of rotatable bonds is 7. The van der Waals surface area contributed by atoms with Gasteiger partial charge in [-0.1, -0.05) is 69.8 Å². The summed E-state index contributed by atoms with van der Waals surface area (Å²) in [4.78, 5) is 12.6. The Balaban J connectivity index is 1.69. The van der Waals surface area contributed by atoms with Crippen LogP contribution >= 0.6 is 11.8 Å². The van der Waals surface area contributed by atoms with Crippen molar-refractivity contribution in [1.82, 2.24) is 20.2 Å². The summed E-state index contributed by atoms with van der Waals surface area (Å²) in [6.07, 6.45) is 0. The highest BCUT2D eigenvalue weighted by molar-refractivity contribution is 7.99. The highest BCUT2D eigenvalue weighted by atomic mass is 32.2. The molecule has 0 aliphatic heterocycles. The molecule has 0 saturated heterocycles. The van der Waals surface area contributed by atoms with Gasteiger partial charge in [0.2, 0.25) is 11.1 Å². The van der Waals surface area contributed by atoms with E-state index in [0.29, 0.717) is 17.0 Å². The van der Waals surface area contributed by atoms with Crippen molar-refractivity contribution in [3.63, 3.8) is 0 Å². The van der Waals surface area contributed by atoms with E-state index in [4.69, 9.17) is 0 Å². The van der Waals surface area contributed by atoms with Gasteiger partial charge in [0.05, 0.1) is 11.4 Å². The maximum atomic E-state index is 12.6. The first kappa shape index (κ1) is 21.0. The van der Waals surface area contributed by atoms with Crippen molar-refractivity contribution in [2.24, 2.45) is 0 Å². The monoisotopic (exact) mass is 409 g/mol. The molecule has 1 heterocycles. The molecule has 0 aliphatic carbocycles. The normalized spacial score (nSPS) is 11.3. The number of nitrogens with zero attached hydrogens (tertiary/aromatic N) is 4. The topological polar surface area (TPSA) is 72.7 Å². The maximum absolute atomic E-state index is 12.6. The number of aryl methyl sites for hydroxylation is 1. The van der Waals surface area contributed by atoms with Gasteiger partial charge < -0.3 is 5.32 Å². The molecule has 2 aromatic carbocycles. The molecule has 7 heteroatoms. The van der Waals surface area contributed by atoms with Gasteiger partial charge >= 0.3 is 0 Å². The van der Waals surface area contributed by atoms with Crippen molar-refractivity contribution in [2.45, 2.75) is 51.6 Å². The van der Waals surface area contributed by atoms with Gasteiger partial charge in [0.15, 0.2) is 0 Å². The maximum Gasteiger partial charge on any atom is 0.234 e. The van der Waals surface area contributed by atoms with Crippen LogP contribution in [0.3, 0.4) is 0 Å². The van der Waals surface area contributed by atoms with Crippen LogP contribution in [0.5, 0.6) is 0 Å². The second kappa shape index (κ2) is 9.22. The molecule has 152 valence electrons. The minimum absolute atomic E-state index is 0.0732. The third kappa shape index (κ3) is 5.03. The molecule has 0 radical (unpaired) electrons. The van der Waals surface area contributed by atoms with E-state index in [1.165, 1.54) is 17.3 Å². The number of carbonyl (C=O) groups excluding carboxylic acids is 1. The molecule has 0 fully saturated rings. The molecule has 1 N–H and O–H groups in total. The number of nitrogens with one attached hydrogen (secondary N) is 1. The Labute approximate surface area is 176 Å². The first-order chi connectivity index (χ1) is 13.9. The molecule has 3 rings (SSSR count). The van der Waals surface area contributed by atoms with Crippen LogP contribution in [0.15, 0.2) is 47.6 Å². The fourth-order valence-corrected chi connectivity index (χ4v) is 3.77. The number of para-hydroxylation sites is 1. The molecule has 0 unspecified atom stereocenters. The van der Waals surface area contributed by atoms with E-state index in [9.17, 15) is 4.79 Å². The number of amides is 1. The van der Waals surface area contributed by atoms with Crippen LogP contribution in [0.1, 0.15) is 56.2 Å². The van der Waals surface area contributed by atoms with Crippen molar-refractivity contribution in [3.05, 3.63) is 59.2 Å². The van der Waals surface area contributed by atoms with Crippen LogP contribution < -0.4 is 5.32 Å². The average Bonchev–Trinajstić information content (AvgIpc) is 3.16. The zero-order chi connectivity index (χ0) is 21.0. The Morgan fingerprint density at radius 2 is 1.79 bits per heavy atom. The SMILES string of the molecule is Cc1cccc(C(C)C)c1NC(=O)CSc1nnnn1-c1ccc(C(C)C)cc1. The highest BCUT2D eigenvalue weighted by Crippen LogP contribution is 2.28. The predicted octanol–water partition coefficient (Wildman–Crippen LogP) is 4.95. The smallest absolute Gasteiger partial charge is 0.234 e. The van der Waals surface area contributed by atoms with Gasteiger partial charge in [-0.25, -0.2) is 0 Å². The fourth-order valence-electron chi connectivity index (χ4n) is 3.08. The Bertz CT molecular complexity index is 979. The summed E-state index contributed by atoms with van der Waals surface area (Å²) in [6, 6.07) is 14.2. The van der Waals surface area contributed by atoms with E-state index in [2.05, 4.69) is 66.7 Å². The van der Waals surface area contributed by atoms with Gasteiger partial charge in [0.25, 0.3) is 0 Å². The van der Waals surface area contributed by atoms with Gasteiger partial charge in [0, 0.05) is 5.69 Å². The molecule has 0 saturated carbocycles. The van der Waals surface area contributed by atoms with Crippen LogP contribution in [-0.4, -0.2) is 31.9 Å². The molecule has 1 aromatic heterocycles. The molecular weight excluding hydrogens is 382 g/mol. The molecule has 1 amide bonds. The molecule has 29 heavy (non-hydrogen) atoms. The Morgan fingerprint density at radius 3 is 2.45 bits per heavy atom. The van der Waals surface area contributed by atoms with E-state index < -0.39 is 0 Å². The molecule has 0 spiro atoms. The average molecular weight is 410 g/mol. The van der Waals surface area contributed by atoms with Crippen LogP contribution in [-0.2, 0) is 4.79 Å². The Kier molecular flexibility index (Phi) is 6.69. The second-order valence-electron chi connectivity index (χ2n) is 7.65. The number of benzene rings is 2. The molecule has 0 atom stereocenters. The second-order valence-corrected chi connectivity index (χ2v) is 8.59. The first-order valence-corrected chi connectivity index (χ1v) is 10.8. The summed E-state index contributed by atoms with van der Waals surface area (Å²) >= 11 is 1.32. The Morgan fingerprint density at radius 1 is 1.07 bits per heavy atom. The lowest BCUT2D eigenvalue weighted by atomic mass is 9.98. The number of aromatic nitrogens is 4. The summed E-state index contributed by atoms with van der Waals surface area (Å²) in [6.45, 7) is 10.6. The predicted molar refractivity (Wildman–Crippen MR) is 118 cm³/mol. The van der Waals surface area contributed by atoms with Crippen molar-refractivity contribution in [2.75, 3.05) is 11.1 Å². The van der Waals surface area contributed by atoms with Crippen molar-refractivity contribution in [1.29, 1.82) is 0 Å². The van der Waals surface area contributed by atoms with Crippen molar-refractivity contribution in [3.8, 4) is 5.69 Å². The van der Waals surface area contributed by atoms with Crippen molar-refractivity contribution >= 4 is 23.4 Å². The number of thioether (sulfide) groups is 1. The first-order valence-electron chi connectivity index (χ1n) is 9.77. The zero-order valence-corrected chi connectivity index (χ0v) is 18.3. The van der Waals surface area contributed by atoms with E-state index in [1.54, 1.807) is 4.68 Å². The lowest BCUT2D eigenvalue weighted by Gasteiger charge is -2.16. The van der Waals surface area contributed by atoms with Gasteiger partial charge in [-0.05, 0) is 58.0 Å². The van der Waals surface area contributed by atoms with Crippen molar-refractivity contribution < 1.29 is 4.79 Å². The van der Waals surface area contributed by atoms with E-state index >= 15 is 0 Å². The minimum Gasteiger partial charge on any atom is -0.325 e. The number of hydrogen-bond acceptors (Lipinski definition) is 5. The standard InChI is InChI=1S/C22H27N5OS/c1-14(2)17-9-11-18(12-10-17)27-22(24-25-26-27)29-13-20(28)23-21-16(5)7-6-8-19(21)15(3)4/h6-12,14-15H,13H2,1-5H3,(H,23,28). The van der Waals surface area contributed by atoms with Crippen LogP contribution in [0.2, 0.25) is 0 Å². The lowest BCUT2D eigenvalue weighted by molar-refractivity contribution is -0.113. The van der Waals surface area contributed by atoms with Gasteiger partial charge in [-0.15, -0.1) is 5.10 Å². The quantitative estimate of drug-likeness (QED) is 0.559. The van der Waals surface area contributed by atoms with E-state index in [1.807, 2.05) is 31.2 Å². The van der Waals surface area contributed by atoms with Gasteiger partial charge in [0.1, 0.15) is 0 Å². The van der Waals surface area contributed by atoms with E-state index in [-0.39, 0.29) is 11.7 Å². The molecule has 0 bridgehead atoms. The zero-order valence-electron chi connectivity index (χ0n) is 17.5. The highest BCUT2D eigenvalue weighted by Gasteiger charge is 2.15. The van der Waals surface area contributed by atoms with Crippen LogP contribution in [0.25, 0.3) is 5.69 Å². The van der Waals surface area contributed by atoms with E-state index in [0.717, 1.165) is 22.5 Å². The molecule has 6 nitrogen and oxygen atoms in total. The number of carbonyl (C=O) groups is 1. The molecular formula is C22H27N5OS. The van der Waals surface area contributed by atoms with Gasteiger partial charge in [-0.2, -0.15) is 4.68 Å². The van der Waals surface area contributed by atoms with Gasteiger partial charge in [-0.3, -0.25) is 4.79 Å². The summed E-state index contributed by atoms with van der Waals surface area (Å²) in [5.74, 6) is 0.957. The summed E-state index contributed by atoms with van der Waals surface area (Å²) in [5, 5.41) is 15.6. The summed E-state index contributed by atoms with van der Waals surface area (Å²) in [5.41, 5.74) is 5.23. The number of tetrazole rings is 1. The third-order valence-electron chi connectivity index (χ3n) is 4.77. The minimum atomic E-state index is -0.0732. The molecule has 0 aliphatic rings. The summed E-state index contributed by atoms with van der Waals surface area (Å²) in [7, 11) is 0. The fraction of sp³-hybridized carbons (Fsp3) is 0.364. The number of hydrogen-bond donors (Lipinski definition) is 1. The molecule has 3 aromatic rings. The van der Waals surface area contributed by atoms with Crippen LogP contribution in [0.4, 0.5) is 5.69 Å². The lowest BCUT2D eigenvalue weighted by Crippen LogP contribution is -2.17. The third-order valence-corrected chi connectivity index (χ3v) is 5.69. The van der Waals surface area contributed by atoms with Crippen LogP contribution in [0, 0.1) is 6.92 Å². The largest absolute Gasteiger partial charge is 0.325 e. The summed E-state index contributed by atoms with van der Waals surface area (Å²) < 4.78 is 1.66. The Hall–Kier alpha value is -2.67. The number of anilines is 1.